The van der Waals surface area contributed by atoms with Crippen molar-refractivity contribution in [1.29, 1.82) is 0 Å². The molecule has 22 heavy (non-hydrogen) atoms. The number of hydrogen-bond donors (Lipinski definition) is 1. The summed E-state index contributed by atoms with van der Waals surface area (Å²) in [6.07, 6.45) is 4.48. The first kappa shape index (κ1) is 14.2. The van der Waals surface area contributed by atoms with Crippen molar-refractivity contribution >= 4 is 5.78 Å². The Labute approximate surface area is 130 Å². The normalized spacial score (nSPS) is 40.0. The molecule has 0 amide bonds. The number of aromatic hydroxyl groups is 1. The van der Waals surface area contributed by atoms with Crippen LogP contribution >= 0.6 is 0 Å². The SMILES string of the molecule is C[C@@H]1Cc2cc(O)c(F)cc2[C@H]2CC[C@]3(C)C(=O)CC[C@H]3[C@H]12. The summed E-state index contributed by atoms with van der Waals surface area (Å²) in [5.41, 5.74) is 2.03. The van der Waals surface area contributed by atoms with Gasteiger partial charge < -0.3 is 5.11 Å². The molecule has 0 aromatic heterocycles. The summed E-state index contributed by atoms with van der Waals surface area (Å²) in [5, 5.41) is 9.66. The molecule has 0 bridgehead atoms. The van der Waals surface area contributed by atoms with Crippen LogP contribution in [0.25, 0.3) is 0 Å². The van der Waals surface area contributed by atoms with E-state index >= 15 is 0 Å². The molecular formula is C19H23FO2. The van der Waals surface area contributed by atoms with Crippen LogP contribution < -0.4 is 0 Å². The lowest BCUT2D eigenvalue weighted by Gasteiger charge is -2.51. The van der Waals surface area contributed by atoms with E-state index in [1.807, 2.05) is 0 Å². The van der Waals surface area contributed by atoms with Crippen molar-refractivity contribution in [2.45, 2.75) is 51.9 Å². The van der Waals surface area contributed by atoms with Crippen LogP contribution in [-0.2, 0) is 11.2 Å². The molecule has 1 N–H and O–H groups in total. The standard InChI is InChI=1S/C19H23FO2/c1-10-7-11-8-16(21)15(20)9-13(11)12-5-6-19(2)14(18(10)12)3-4-17(19)22/h8-10,12,14,18,21H,3-7H2,1-2H3/t10-,12-,14+,18-,19+/m1/s1. The molecule has 5 atom stereocenters. The quantitative estimate of drug-likeness (QED) is 0.779. The van der Waals surface area contributed by atoms with Crippen molar-refractivity contribution in [3.8, 4) is 5.75 Å². The minimum Gasteiger partial charge on any atom is -0.505 e. The minimum absolute atomic E-state index is 0.150. The number of phenols is 1. The number of Topliss-reactive ketones (excluding diaryl/α,β-unsaturated/α-hetero) is 1. The highest BCUT2D eigenvalue weighted by molar-refractivity contribution is 5.87. The minimum atomic E-state index is -0.511. The molecule has 0 saturated heterocycles. The average molecular weight is 302 g/mol. The fourth-order valence-electron chi connectivity index (χ4n) is 5.75. The van der Waals surface area contributed by atoms with Crippen molar-refractivity contribution in [2.24, 2.45) is 23.2 Å². The van der Waals surface area contributed by atoms with Gasteiger partial charge in [0, 0.05) is 11.8 Å². The zero-order valence-electron chi connectivity index (χ0n) is 13.2. The number of carbonyl (C=O) groups excluding carboxylic acids is 1. The summed E-state index contributed by atoms with van der Waals surface area (Å²) >= 11 is 0. The monoisotopic (exact) mass is 302 g/mol. The van der Waals surface area contributed by atoms with E-state index in [-0.39, 0.29) is 11.2 Å². The number of benzene rings is 1. The van der Waals surface area contributed by atoms with E-state index in [0.717, 1.165) is 36.8 Å². The van der Waals surface area contributed by atoms with Gasteiger partial charge in [-0.05, 0) is 72.6 Å². The van der Waals surface area contributed by atoms with Gasteiger partial charge in [-0.15, -0.1) is 0 Å². The molecule has 3 aliphatic carbocycles. The number of ketones is 1. The predicted molar refractivity (Wildman–Crippen MR) is 82.2 cm³/mol. The lowest BCUT2D eigenvalue weighted by molar-refractivity contribution is -0.129. The van der Waals surface area contributed by atoms with Gasteiger partial charge in [-0.2, -0.15) is 0 Å². The second-order valence-electron chi connectivity index (χ2n) is 7.89. The Morgan fingerprint density at radius 1 is 1.32 bits per heavy atom. The van der Waals surface area contributed by atoms with Gasteiger partial charge in [-0.3, -0.25) is 4.79 Å². The molecular weight excluding hydrogens is 279 g/mol. The summed E-state index contributed by atoms with van der Waals surface area (Å²) in [7, 11) is 0. The number of carbonyl (C=O) groups is 1. The van der Waals surface area contributed by atoms with Gasteiger partial charge in [-0.25, -0.2) is 4.39 Å². The highest BCUT2D eigenvalue weighted by Gasteiger charge is 2.56. The van der Waals surface area contributed by atoms with Crippen LogP contribution in [-0.4, -0.2) is 10.9 Å². The van der Waals surface area contributed by atoms with Crippen LogP contribution in [0.4, 0.5) is 4.39 Å². The number of phenolic OH excluding ortho intramolecular Hbond substituents is 1. The molecule has 0 heterocycles. The van der Waals surface area contributed by atoms with E-state index in [1.165, 1.54) is 0 Å². The summed E-state index contributed by atoms with van der Waals surface area (Å²) in [6.45, 7) is 4.42. The lowest BCUT2D eigenvalue weighted by Crippen LogP contribution is -2.45. The molecule has 0 spiro atoms. The molecule has 4 rings (SSSR count). The Kier molecular flexibility index (Phi) is 2.95. The van der Waals surface area contributed by atoms with Crippen LogP contribution in [0.5, 0.6) is 5.75 Å². The van der Waals surface area contributed by atoms with Crippen LogP contribution in [0.1, 0.15) is 56.6 Å². The maximum atomic E-state index is 13.9. The third-order valence-electron chi connectivity index (χ3n) is 6.85. The van der Waals surface area contributed by atoms with E-state index in [9.17, 15) is 14.3 Å². The summed E-state index contributed by atoms with van der Waals surface area (Å²) in [6, 6.07) is 3.17. The molecule has 3 heteroatoms. The highest BCUT2D eigenvalue weighted by atomic mass is 19.1. The van der Waals surface area contributed by atoms with Gasteiger partial charge in [-0.1, -0.05) is 13.8 Å². The van der Waals surface area contributed by atoms with Crippen molar-refractivity contribution in [2.75, 3.05) is 0 Å². The number of rotatable bonds is 0. The molecule has 3 aliphatic rings. The first-order valence-corrected chi connectivity index (χ1v) is 8.46. The van der Waals surface area contributed by atoms with Crippen LogP contribution in [0, 0.1) is 29.0 Å². The van der Waals surface area contributed by atoms with Crippen LogP contribution in [0.2, 0.25) is 0 Å². The number of hydrogen-bond acceptors (Lipinski definition) is 2. The molecule has 2 fully saturated rings. The van der Waals surface area contributed by atoms with Crippen LogP contribution in [0.3, 0.4) is 0 Å². The molecule has 0 radical (unpaired) electrons. The van der Waals surface area contributed by atoms with Crippen molar-refractivity contribution in [1.82, 2.24) is 0 Å². The fraction of sp³-hybridized carbons (Fsp3) is 0.632. The second kappa shape index (κ2) is 4.56. The first-order valence-electron chi connectivity index (χ1n) is 8.46. The fourth-order valence-corrected chi connectivity index (χ4v) is 5.75. The highest BCUT2D eigenvalue weighted by Crippen LogP contribution is 2.61. The third-order valence-corrected chi connectivity index (χ3v) is 6.85. The number of fused-ring (bicyclic) bond motifs is 5. The van der Waals surface area contributed by atoms with E-state index in [2.05, 4.69) is 13.8 Å². The first-order chi connectivity index (χ1) is 10.4. The largest absolute Gasteiger partial charge is 0.505 e. The zero-order valence-corrected chi connectivity index (χ0v) is 13.2. The third kappa shape index (κ3) is 1.74. The lowest BCUT2D eigenvalue weighted by atomic mass is 9.53. The predicted octanol–water partition coefficient (Wildman–Crippen LogP) is 4.20. The smallest absolute Gasteiger partial charge is 0.165 e. The Hall–Kier alpha value is -1.38. The topological polar surface area (TPSA) is 37.3 Å². The van der Waals surface area contributed by atoms with Crippen molar-refractivity contribution in [3.05, 3.63) is 29.1 Å². The van der Waals surface area contributed by atoms with Gasteiger partial charge in [0.25, 0.3) is 0 Å². The molecule has 118 valence electrons. The molecule has 1 aromatic rings. The van der Waals surface area contributed by atoms with E-state index < -0.39 is 5.82 Å². The molecule has 0 aliphatic heterocycles. The maximum Gasteiger partial charge on any atom is 0.165 e. The Morgan fingerprint density at radius 2 is 2.09 bits per heavy atom. The molecule has 0 unspecified atom stereocenters. The summed E-state index contributed by atoms with van der Waals surface area (Å²) in [4.78, 5) is 12.4. The Bertz CT molecular complexity index is 653. The van der Waals surface area contributed by atoms with Gasteiger partial charge in [0.15, 0.2) is 11.6 Å². The Morgan fingerprint density at radius 3 is 2.86 bits per heavy atom. The van der Waals surface area contributed by atoms with E-state index in [4.69, 9.17) is 0 Å². The molecule has 2 saturated carbocycles. The van der Waals surface area contributed by atoms with E-state index in [1.54, 1.807) is 12.1 Å². The summed E-state index contributed by atoms with van der Waals surface area (Å²) < 4.78 is 13.9. The molecule has 1 aromatic carbocycles. The van der Waals surface area contributed by atoms with Crippen LogP contribution in [0.15, 0.2) is 12.1 Å². The second-order valence-corrected chi connectivity index (χ2v) is 7.89. The zero-order chi connectivity index (χ0) is 15.6. The van der Waals surface area contributed by atoms with Crippen molar-refractivity contribution in [3.63, 3.8) is 0 Å². The van der Waals surface area contributed by atoms with Gasteiger partial charge in [0.2, 0.25) is 0 Å². The maximum absolute atomic E-state index is 13.9. The summed E-state index contributed by atoms with van der Waals surface area (Å²) in [5.74, 6) is 1.44. The van der Waals surface area contributed by atoms with Crippen molar-refractivity contribution < 1.29 is 14.3 Å². The van der Waals surface area contributed by atoms with Gasteiger partial charge in [0.1, 0.15) is 5.78 Å². The van der Waals surface area contributed by atoms with E-state index in [0.29, 0.717) is 35.9 Å². The van der Waals surface area contributed by atoms with Gasteiger partial charge >= 0.3 is 0 Å². The Balaban J connectivity index is 1.79. The molecule has 2 nitrogen and oxygen atoms in total. The average Bonchev–Trinajstić information content (AvgIpc) is 2.77. The number of halogens is 1. The van der Waals surface area contributed by atoms with Gasteiger partial charge in [0.05, 0.1) is 0 Å².